The Morgan fingerprint density at radius 3 is 2.43 bits per heavy atom. The number of carbonyl (C=O) groups is 2. The number of ketones is 1. The van der Waals surface area contributed by atoms with Crippen molar-refractivity contribution < 1.29 is 24.5 Å². The second-order valence-corrected chi connectivity index (χ2v) is 6.80. The first-order chi connectivity index (χ1) is 9.70. The van der Waals surface area contributed by atoms with Gasteiger partial charge in [0.2, 0.25) is 0 Å². The molecule has 0 saturated heterocycles. The van der Waals surface area contributed by atoms with Crippen molar-refractivity contribution >= 4 is 11.8 Å². The molecule has 0 aromatic rings. The van der Waals surface area contributed by atoms with E-state index in [1.807, 2.05) is 0 Å². The summed E-state index contributed by atoms with van der Waals surface area (Å²) in [5.74, 6) is -0.459. The third-order valence-corrected chi connectivity index (χ3v) is 4.78. The largest absolute Gasteiger partial charge is 0.481 e. The highest BCUT2D eigenvalue weighted by Gasteiger charge is 2.41. The number of Topliss-reactive ketones (excluding diaryl/α,β-unsaturated/α-hetero) is 1. The van der Waals surface area contributed by atoms with Crippen LogP contribution in [0.3, 0.4) is 0 Å². The molecule has 122 valence electrons. The fourth-order valence-electron chi connectivity index (χ4n) is 2.90. The lowest BCUT2D eigenvalue weighted by atomic mass is 9.78. The van der Waals surface area contributed by atoms with Crippen LogP contribution < -0.4 is 0 Å². The molecule has 0 aromatic carbocycles. The van der Waals surface area contributed by atoms with Gasteiger partial charge in [-0.3, -0.25) is 9.59 Å². The van der Waals surface area contributed by atoms with E-state index in [2.05, 4.69) is 6.92 Å². The molecule has 0 amide bonds. The van der Waals surface area contributed by atoms with Gasteiger partial charge in [0.05, 0.1) is 17.6 Å². The normalized spacial score (nSPS) is 28.1. The van der Waals surface area contributed by atoms with Gasteiger partial charge in [-0.05, 0) is 52.4 Å². The van der Waals surface area contributed by atoms with E-state index >= 15 is 0 Å². The first-order valence-electron chi connectivity index (χ1n) is 7.70. The molecular weight excluding hydrogens is 272 g/mol. The maximum atomic E-state index is 11.6. The molecule has 0 spiro atoms. The van der Waals surface area contributed by atoms with Crippen LogP contribution in [0, 0.1) is 17.3 Å². The van der Waals surface area contributed by atoms with Crippen molar-refractivity contribution in [1.82, 2.24) is 0 Å². The number of aliphatic hydroxyl groups is 1. The van der Waals surface area contributed by atoms with Crippen LogP contribution >= 0.6 is 0 Å². The lowest BCUT2D eigenvalue weighted by molar-refractivity contribution is -0.167. The van der Waals surface area contributed by atoms with Crippen molar-refractivity contribution in [3.63, 3.8) is 0 Å². The van der Waals surface area contributed by atoms with E-state index in [4.69, 9.17) is 4.74 Å². The van der Waals surface area contributed by atoms with E-state index in [-0.39, 0.29) is 30.8 Å². The first-order valence-corrected chi connectivity index (χ1v) is 7.70. The Bertz CT molecular complexity index is 377. The lowest BCUT2D eigenvalue weighted by Crippen LogP contribution is -2.44. The Kier molecular flexibility index (Phi) is 6.35. The Hall–Kier alpha value is -0.940. The van der Waals surface area contributed by atoms with Gasteiger partial charge in [-0.2, -0.15) is 0 Å². The molecule has 0 aliphatic heterocycles. The molecule has 0 heterocycles. The number of rotatable bonds is 7. The second kappa shape index (κ2) is 7.36. The third kappa shape index (κ3) is 4.51. The summed E-state index contributed by atoms with van der Waals surface area (Å²) in [6, 6.07) is 0. The summed E-state index contributed by atoms with van der Waals surface area (Å²) in [7, 11) is 0. The number of carboxylic acids is 1. The summed E-state index contributed by atoms with van der Waals surface area (Å²) in [6.07, 6.45) is 2.04. The van der Waals surface area contributed by atoms with Crippen LogP contribution in [-0.4, -0.2) is 40.8 Å². The predicted molar refractivity (Wildman–Crippen MR) is 79.0 cm³/mol. The molecule has 0 bridgehead atoms. The Labute approximate surface area is 126 Å². The summed E-state index contributed by atoms with van der Waals surface area (Å²) < 4.78 is 6.06. The smallest absolute Gasteiger partial charge is 0.311 e. The third-order valence-electron chi connectivity index (χ3n) is 4.78. The maximum absolute atomic E-state index is 11.6. The minimum absolute atomic E-state index is 0.00826. The molecule has 5 heteroatoms. The highest BCUT2D eigenvalue weighted by Crippen LogP contribution is 2.35. The summed E-state index contributed by atoms with van der Waals surface area (Å²) in [5, 5.41) is 18.5. The fourth-order valence-corrected chi connectivity index (χ4v) is 2.90. The lowest BCUT2D eigenvalue weighted by Gasteiger charge is -2.39. The van der Waals surface area contributed by atoms with Crippen molar-refractivity contribution in [2.24, 2.45) is 17.3 Å². The Morgan fingerprint density at radius 1 is 1.33 bits per heavy atom. The van der Waals surface area contributed by atoms with E-state index < -0.39 is 17.5 Å². The van der Waals surface area contributed by atoms with Gasteiger partial charge in [0, 0.05) is 12.5 Å². The number of ether oxygens (including phenoxy) is 1. The molecule has 2 N–H and O–H groups in total. The van der Waals surface area contributed by atoms with E-state index in [0.717, 1.165) is 12.8 Å². The monoisotopic (exact) mass is 300 g/mol. The van der Waals surface area contributed by atoms with Gasteiger partial charge in [0.25, 0.3) is 0 Å². The fraction of sp³-hybridized carbons (Fsp3) is 0.875. The number of carbonyl (C=O) groups excluding carboxylic acids is 1. The Balaban J connectivity index is 2.81. The number of hydrogen-bond donors (Lipinski definition) is 2. The molecule has 4 atom stereocenters. The quantitative estimate of drug-likeness (QED) is 0.753. The van der Waals surface area contributed by atoms with Crippen LogP contribution in [0.1, 0.15) is 53.4 Å². The second-order valence-electron chi connectivity index (χ2n) is 6.80. The Morgan fingerprint density at radius 2 is 1.95 bits per heavy atom. The molecule has 4 unspecified atom stereocenters. The predicted octanol–water partition coefficient (Wildman–Crippen LogP) is 2.26. The zero-order valence-corrected chi connectivity index (χ0v) is 13.5. The van der Waals surface area contributed by atoms with Crippen LogP contribution in [0.5, 0.6) is 0 Å². The van der Waals surface area contributed by atoms with E-state index in [1.165, 1.54) is 0 Å². The van der Waals surface area contributed by atoms with Crippen LogP contribution in [0.4, 0.5) is 0 Å². The topological polar surface area (TPSA) is 83.8 Å². The van der Waals surface area contributed by atoms with Gasteiger partial charge in [-0.25, -0.2) is 0 Å². The molecule has 21 heavy (non-hydrogen) atoms. The average molecular weight is 300 g/mol. The zero-order valence-electron chi connectivity index (χ0n) is 13.5. The number of aliphatic hydroxyl groups excluding tert-OH is 1. The molecule has 1 aliphatic rings. The van der Waals surface area contributed by atoms with Crippen LogP contribution in [0.25, 0.3) is 0 Å². The molecule has 1 rings (SSSR count). The van der Waals surface area contributed by atoms with E-state index in [0.29, 0.717) is 12.3 Å². The van der Waals surface area contributed by atoms with Crippen LogP contribution in [0.15, 0.2) is 0 Å². The molecule has 5 nitrogen and oxygen atoms in total. The van der Waals surface area contributed by atoms with Crippen molar-refractivity contribution in [1.29, 1.82) is 0 Å². The highest BCUT2D eigenvalue weighted by molar-refractivity contribution is 5.78. The van der Waals surface area contributed by atoms with E-state index in [9.17, 15) is 19.8 Å². The molecule has 1 saturated carbocycles. The minimum atomic E-state index is -1.06. The first kappa shape index (κ1) is 18.1. The molecule has 1 fully saturated rings. The summed E-state index contributed by atoms with van der Waals surface area (Å²) in [6.45, 7) is 6.80. The van der Waals surface area contributed by atoms with Crippen molar-refractivity contribution in [3.8, 4) is 0 Å². The van der Waals surface area contributed by atoms with Gasteiger partial charge in [0.15, 0.2) is 0 Å². The molecular formula is C16H28O5. The van der Waals surface area contributed by atoms with Gasteiger partial charge < -0.3 is 14.9 Å². The minimum Gasteiger partial charge on any atom is -0.481 e. The molecule has 0 aromatic heterocycles. The van der Waals surface area contributed by atoms with Gasteiger partial charge in [-0.15, -0.1) is 0 Å². The number of aliphatic carboxylic acids is 1. The molecule has 0 radical (unpaired) electrons. The van der Waals surface area contributed by atoms with Gasteiger partial charge in [0.1, 0.15) is 5.78 Å². The standard InChI is InChI=1S/C16H28O5/c1-10-5-6-12(11(2)18)9-13(10)21-14(7-8-17)16(3,4)15(19)20/h10,12-14,17H,5-9H2,1-4H3,(H,19,20). The van der Waals surface area contributed by atoms with Crippen molar-refractivity contribution in [3.05, 3.63) is 0 Å². The van der Waals surface area contributed by atoms with E-state index in [1.54, 1.807) is 20.8 Å². The summed E-state index contributed by atoms with van der Waals surface area (Å²) in [4.78, 5) is 23.0. The SMILES string of the molecule is CC(=O)C1CCC(C)C(OC(CCO)C(C)(C)C(=O)O)C1. The van der Waals surface area contributed by atoms with Crippen LogP contribution in [0.2, 0.25) is 0 Å². The highest BCUT2D eigenvalue weighted by atomic mass is 16.5. The maximum Gasteiger partial charge on any atom is 0.311 e. The number of carboxylic acid groups (broad SMARTS) is 1. The number of hydrogen-bond acceptors (Lipinski definition) is 4. The van der Waals surface area contributed by atoms with Crippen molar-refractivity contribution in [2.75, 3.05) is 6.61 Å². The van der Waals surface area contributed by atoms with Gasteiger partial charge >= 0.3 is 5.97 Å². The van der Waals surface area contributed by atoms with Crippen molar-refractivity contribution in [2.45, 2.75) is 65.6 Å². The van der Waals surface area contributed by atoms with Crippen LogP contribution in [-0.2, 0) is 14.3 Å². The van der Waals surface area contributed by atoms with Gasteiger partial charge in [-0.1, -0.05) is 6.92 Å². The summed E-state index contributed by atoms with van der Waals surface area (Å²) >= 11 is 0. The summed E-state index contributed by atoms with van der Waals surface area (Å²) in [5.41, 5.74) is -1.06. The zero-order chi connectivity index (χ0) is 16.2. The molecule has 1 aliphatic carbocycles. The average Bonchev–Trinajstić information content (AvgIpc) is 2.39.